The number of rotatable bonds is 5. The molecule has 0 aliphatic carbocycles. The molecule has 2 aliphatic heterocycles. The van der Waals surface area contributed by atoms with Crippen LogP contribution in [-0.4, -0.2) is 47.0 Å². The standard InChI is InChI=1S/C25H29N5O2/c1-16-28-29-24(32-16)21-15-30(12-11-19(21)17-7-3-2-4-8-17)25(31)22(26)13-18-14-27-23-10-6-5-9-20(18)23/h2-10,14,19,21-22,24,27,29H,11-13,15,26H2,1H3/t19-,21?,22-,24?/m1/s1. The molecule has 2 aromatic carbocycles. The number of carbonyl (C=O) groups excluding carboxylic acids is 1. The van der Waals surface area contributed by atoms with Gasteiger partial charge in [-0.15, -0.1) is 5.10 Å². The molecule has 0 spiro atoms. The van der Waals surface area contributed by atoms with Crippen LogP contribution < -0.4 is 11.2 Å². The molecule has 2 aliphatic rings. The van der Waals surface area contributed by atoms with Crippen molar-refractivity contribution in [2.24, 2.45) is 16.8 Å². The highest BCUT2D eigenvalue weighted by Gasteiger charge is 2.40. The summed E-state index contributed by atoms with van der Waals surface area (Å²) in [7, 11) is 0. The molecule has 32 heavy (non-hydrogen) atoms. The van der Waals surface area contributed by atoms with Gasteiger partial charge in [0.1, 0.15) is 0 Å². The number of para-hydroxylation sites is 1. The van der Waals surface area contributed by atoms with E-state index < -0.39 is 6.04 Å². The van der Waals surface area contributed by atoms with Gasteiger partial charge in [0.2, 0.25) is 11.8 Å². The molecule has 7 heteroatoms. The number of hydrazone groups is 1. The number of aromatic amines is 1. The number of benzene rings is 2. The van der Waals surface area contributed by atoms with Gasteiger partial charge in [-0.25, -0.2) is 0 Å². The van der Waals surface area contributed by atoms with Gasteiger partial charge in [-0.3, -0.25) is 10.2 Å². The Hall–Kier alpha value is -3.32. The van der Waals surface area contributed by atoms with Crippen LogP contribution in [0.15, 0.2) is 65.9 Å². The minimum atomic E-state index is -0.585. The second kappa shape index (κ2) is 8.67. The van der Waals surface area contributed by atoms with Gasteiger partial charge in [0, 0.05) is 43.0 Å². The van der Waals surface area contributed by atoms with Crippen LogP contribution in [0.5, 0.6) is 0 Å². The first-order valence-corrected chi connectivity index (χ1v) is 11.2. The summed E-state index contributed by atoms with van der Waals surface area (Å²) in [6, 6.07) is 18.0. The van der Waals surface area contributed by atoms with Crippen molar-refractivity contribution < 1.29 is 9.53 Å². The Labute approximate surface area is 187 Å². The molecule has 1 saturated heterocycles. The fourth-order valence-electron chi connectivity index (χ4n) is 5.04. The SMILES string of the molecule is CC1=NNC(C2CN(C(=O)[C@H](N)Cc3c[nH]c4ccccc34)CC[C@@H]2c2ccccc2)O1. The van der Waals surface area contributed by atoms with Crippen molar-refractivity contribution in [2.45, 2.75) is 38.0 Å². The van der Waals surface area contributed by atoms with E-state index in [0.717, 1.165) is 22.9 Å². The van der Waals surface area contributed by atoms with Crippen LogP contribution in [0.3, 0.4) is 0 Å². The Morgan fingerprint density at radius 3 is 2.78 bits per heavy atom. The van der Waals surface area contributed by atoms with E-state index in [4.69, 9.17) is 10.5 Å². The first-order valence-electron chi connectivity index (χ1n) is 11.2. The lowest BCUT2D eigenvalue weighted by atomic mass is 9.79. The Balaban J connectivity index is 1.32. The summed E-state index contributed by atoms with van der Waals surface area (Å²) in [5.41, 5.74) is 12.9. The Bertz CT molecular complexity index is 1130. The van der Waals surface area contributed by atoms with Crippen molar-refractivity contribution in [3.63, 3.8) is 0 Å². The lowest BCUT2D eigenvalue weighted by Gasteiger charge is -2.41. The highest BCUT2D eigenvalue weighted by Crippen LogP contribution is 2.36. The molecule has 0 saturated carbocycles. The smallest absolute Gasteiger partial charge is 0.239 e. The van der Waals surface area contributed by atoms with Crippen molar-refractivity contribution in [3.05, 3.63) is 71.9 Å². The average Bonchev–Trinajstić information content (AvgIpc) is 3.45. The third-order valence-electron chi connectivity index (χ3n) is 6.67. The molecule has 166 valence electrons. The summed E-state index contributed by atoms with van der Waals surface area (Å²) in [5, 5.41) is 5.34. The van der Waals surface area contributed by atoms with E-state index in [2.05, 4.69) is 45.8 Å². The number of aromatic nitrogens is 1. The number of piperidine rings is 1. The maximum absolute atomic E-state index is 13.3. The summed E-state index contributed by atoms with van der Waals surface area (Å²) in [6.07, 6.45) is 3.08. The van der Waals surface area contributed by atoms with E-state index in [1.54, 1.807) is 0 Å². The topological polar surface area (TPSA) is 95.7 Å². The fraction of sp³-hybridized carbons (Fsp3) is 0.360. The van der Waals surface area contributed by atoms with E-state index in [-0.39, 0.29) is 24.0 Å². The van der Waals surface area contributed by atoms with E-state index in [9.17, 15) is 4.79 Å². The molecule has 3 aromatic rings. The van der Waals surface area contributed by atoms with Crippen LogP contribution in [0.4, 0.5) is 0 Å². The maximum Gasteiger partial charge on any atom is 0.239 e. The molecule has 7 nitrogen and oxygen atoms in total. The minimum absolute atomic E-state index is 0.0116. The van der Waals surface area contributed by atoms with Crippen LogP contribution in [0.1, 0.15) is 30.4 Å². The van der Waals surface area contributed by atoms with E-state index >= 15 is 0 Å². The van der Waals surface area contributed by atoms with Crippen molar-refractivity contribution in [2.75, 3.05) is 13.1 Å². The third kappa shape index (κ3) is 3.96. The normalized spacial score (nSPS) is 24.0. The molecule has 5 rings (SSSR count). The summed E-state index contributed by atoms with van der Waals surface area (Å²) >= 11 is 0. The van der Waals surface area contributed by atoms with E-state index in [1.807, 2.05) is 42.3 Å². The number of H-pyrrole nitrogens is 1. The number of nitrogens with two attached hydrogens (primary N) is 1. The van der Waals surface area contributed by atoms with Crippen molar-refractivity contribution in [1.29, 1.82) is 0 Å². The van der Waals surface area contributed by atoms with Gasteiger partial charge in [-0.2, -0.15) is 0 Å². The van der Waals surface area contributed by atoms with Gasteiger partial charge in [0.25, 0.3) is 0 Å². The van der Waals surface area contributed by atoms with Crippen LogP contribution in [0.2, 0.25) is 0 Å². The number of nitrogens with zero attached hydrogens (tertiary/aromatic N) is 2. The molecular weight excluding hydrogens is 402 g/mol. The van der Waals surface area contributed by atoms with Crippen LogP contribution >= 0.6 is 0 Å². The van der Waals surface area contributed by atoms with Crippen molar-refractivity contribution in [1.82, 2.24) is 15.3 Å². The predicted molar refractivity (Wildman–Crippen MR) is 125 cm³/mol. The van der Waals surface area contributed by atoms with Crippen LogP contribution in [-0.2, 0) is 16.0 Å². The molecule has 4 N–H and O–H groups in total. The first-order chi connectivity index (χ1) is 15.6. The number of likely N-dealkylation sites (tertiary alicyclic amines) is 1. The summed E-state index contributed by atoms with van der Waals surface area (Å²) in [4.78, 5) is 18.5. The first kappa shape index (κ1) is 20.6. The highest BCUT2D eigenvalue weighted by atomic mass is 16.5. The number of hydrogen-bond acceptors (Lipinski definition) is 5. The summed E-state index contributed by atoms with van der Waals surface area (Å²) in [5.74, 6) is 0.976. The zero-order valence-corrected chi connectivity index (χ0v) is 18.2. The zero-order valence-electron chi connectivity index (χ0n) is 18.2. The molecule has 1 amide bonds. The summed E-state index contributed by atoms with van der Waals surface area (Å²) in [6.45, 7) is 3.11. The van der Waals surface area contributed by atoms with E-state index in [0.29, 0.717) is 25.4 Å². The molecule has 1 aromatic heterocycles. The van der Waals surface area contributed by atoms with Crippen LogP contribution in [0, 0.1) is 5.92 Å². The third-order valence-corrected chi connectivity index (χ3v) is 6.67. The Morgan fingerprint density at radius 1 is 1.22 bits per heavy atom. The quantitative estimate of drug-likeness (QED) is 0.579. The van der Waals surface area contributed by atoms with Gasteiger partial charge in [0.15, 0.2) is 6.23 Å². The lowest BCUT2D eigenvalue weighted by molar-refractivity contribution is -0.135. The van der Waals surface area contributed by atoms with Gasteiger partial charge >= 0.3 is 0 Å². The monoisotopic (exact) mass is 431 g/mol. The van der Waals surface area contributed by atoms with Gasteiger partial charge < -0.3 is 20.4 Å². The predicted octanol–water partition coefficient (Wildman–Crippen LogP) is 2.95. The second-order valence-corrected chi connectivity index (χ2v) is 8.72. The minimum Gasteiger partial charge on any atom is -0.454 e. The maximum atomic E-state index is 13.3. The largest absolute Gasteiger partial charge is 0.454 e. The fourth-order valence-corrected chi connectivity index (χ4v) is 5.04. The van der Waals surface area contributed by atoms with Crippen molar-refractivity contribution >= 4 is 22.7 Å². The van der Waals surface area contributed by atoms with Gasteiger partial charge in [-0.1, -0.05) is 48.5 Å². The highest BCUT2D eigenvalue weighted by molar-refractivity contribution is 5.86. The zero-order chi connectivity index (χ0) is 22.1. The van der Waals surface area contributed by atoms with Crippen LogP contribution in [0.25, 0.3) is 10.9 Å². The second-order valence-electron chi connectivity index (χ2n) is 8.72. The number of nitrogens with one attached hydrogen (secondary N) is 2. The number of ether oxygens (including phenoxy) is 1. The molecule has 2 unspecified atom stereocenters. The van der Waals surface area contributed by atoms with Gasteiger partial charge in [0.05, 0.1) is 6.04 Å². The molecule has 4 atom stereocenters. The number of fused-ring (bicyclic) bond motifs is 1. The molecule has 3 heterocycles. The number of hydrogen-bond donors (Lipinski definition) is 3. The molecular formula is C25H29N5O2. The van der Waals surface area contributed by atoms with Gasteiger partial charge in [-0.05, 0) is 36.0 Å². The average molecular weight is 432 g/mol. The number of amides is 1. The summed E-state index contributed by atoms with van der Waals surface area (Å²) < 4.78 is 5.94. The molecule has 0 bridgehead atoms. The molecule has 0 radical (unpaired) electrons. The van der Waals surface area contributed by atoms with E-state index in [1.165, 1.54) is 5.56 Å². The Kier molecular flexibility index (Phi) is 5.57. The number of carbonyl (C=O) groups is 1. The van der Waals surface area contributed by atoms with Crippen molar-refractivity contribution in [3.8, 4) is 0 Å². The molecule has 1 fully saturated rings. The lowest BCUT2D eigenvalue weighted by Crippen LogP contribution is -2.53. The Morgan fingerprint density at radius 2 is 2.00 bits per heavy atom.